The van der Waals surface area contributed by atoms with E-state index in [9.17, 15) is 14.9 Å². The van der Waals surface area contributed by atoms with Gasteiger partial charge in [0.25, 0.3) is 5.69 Å². The van der Waals surface area contributed by atoms with Gasteiger partial charge in [-0.15, -0.1) is 0 Å². The lowest BCUT2D eigenvalue weighted by Crippen LogP contribution is -1.99. The first kappa shape index (κ1) is 17.3. The number of hydrogen-bond donors (Lipinski definition) is 0. The number of carbonyl (C=O) groups is 1. The number of nitro benzene ring substituents is 1. The molecule has 0 aliphatic rings. The van der Waals surface area contributed by atoms with E-state index in [1.54, 1.807) is 30.3 Å². The highest BCUT2D eigenvalue weighted by Crippen LogP contribution is 2.27. The number of nitrogens with zero attached hydrogens (tertiary/aromatic N) is 2. The Morgan fingerprint density at radius 1 is 0.962 bits per heavy atom. The molecule has 26 heavy (non-hydrogen) atoms. The quantitative estimate of drug-likeness (QED) is 0.370. The van der Waals surface area contributed by atoms with Crippen molar-refractivity contribution in [3.8, 4) is 22.8 Å². The molecule has 3 rings (SSSR count). The fourth-order valence-corrected chi connectivity index (χ4v) is 2.56. The molecular weight excluding hydrogens is 332 g/mol. The van der Waals surface area contributed by atoms with E-state index in [4.69, 9.17) is 4.74 Å². The molecule has 0 N–H and O–H groups in total. The molecule has 0 aliphatic carbocycles. The number of pyridine rings is 1. The SMILES string of the molecule is CC(=O)c1ccc(-c2ccc(Oc3ccc([N+](=O)[O-])cc3)cc2)nc1C. The van der Waals surface area contributed by atoms with Crippen molar-refractivity contribution < 1.29 is 14.5 Å². The third-order valence-corrected chi connectivity index (χ3v) is 3.90. The number of rotatable bonds is 5. The fraction of sp³-hybridized carbons (Fsp3) is 0.100. The summed E-state index contributed by atoms with van der Waals surface area (Å²) in [7, 11) is 0. The molecule has 1 heterocycles. The lowest BCUT2D eigenvalue weighted by Gasteiger charge is -2.08. The molecule has 1 aromatic heterocycles. The highest BCUT2D eigenvalue weighted by molar-refractivity contribution is 5.95. The van der Waals surface area contributed by atoms with Crippen molar-refractivity contribution in [3.05, 3.63) is 82.0 Å². The van der Waals surface area contributed by atoms with Gasteiger partial charge in [0.05, 0.1) is 10.6 Å². The molecule has 0 radical (unpaired) electrons. The van der Waals surface area contributed by atoms with Crippen LogP contribution in [0.4, 0.5) is 5.69 Å². The first-order valence-corrected chi connectivity index (χ1v) is 7.95. The highest BCUT2D eigenvalue weighted by atomic mass is 16.6. The van der Waals surface area contributed by atoms with Crippen LogP contribution in [0.25, 0.3) is 11.3 Å². The Bertz CT molecular complexity index is 964. The van der Waals surface area contributed by atoms with Gasteiger partial charge in [-0.25, -0.2) is 0 Å². The van der Waals surface area contributed by atoms with Gasteiger partial charge in [0, 0.05) is 29.0 Å². The topological polar surface area (TPSA) is 82.3 Å². The molecule has 2 aromatic carbocycles. The third-order valence-electron chi connectivity index (χ3n) is 3.90. The molecule has 130 valence electrons. The Balaban J connectivity index is 1.77. The van der Waals surface area contributed by atoms with E-state index >= 15 is 0 Å². The van der Waals surface area contributed by atoms with Gasteiger partial charge in [0.1, 0.15) is 11.5 Å². The van der Waals surface area contributed by atoms with E-state index in [0.717, 1.165) is 11.3 Å². The summed E-state index contributed by atoms with van der Waals surface area (Å²) in [5, 5.41) is 10.7. The smallest absolute Gasteiger partial charge is 0.269 e. The average Bonchev–Trinajstić information content (AvgIpc) is 2.62. The van der Waals surface area contributed by atoms with Crippen LogP contribution in [0.3, 0.4) is 0 Å². The van der Waals surface area contributed by atoms with Gasteiger partial charge in [-0.3, -0.25) is 19.9 Å². The van der Waals surface area contributed by atoms with E-state index in [1.165, 1.54) is 19.1 Å². The molecule has 0 saturated heterocycles. The van der Waals surface area contributed by atoms with E-state index in [2.05, 4.69) is 4.98 Å². The first-order valence-electron chi connectivity index (χ1n) is 7.95. The van der Waals surface area contributed by atoms with E-state index in [0.29, 0.717) is 22.8 Å². The largest absolute Gasteiger partial charge is 0.457 e. The molecule has 6 heteroatoms. The Labute approximate surface area is 150 Å². The monoisotopic (exact) mass is 348 g/mol. The maximum atomic E-state index is 11.5. The van der Waals surface area contributed by atoms with Crippen molar-refractivity contribution >= 4 is 11.5 Å². The molecule has 6 nitrogen and oxygen atoms in total. The standard InChI is InChI=1S/C20H16N2O4/c1-13-19(14(2)23)11-12-20(21-13)15-3-7-17(8-4-15)26-18-9-5-16(6-10-18)22(24)25/h3-12H,1-2H3. The lowest BCUT2D eigenvalue weighted by molar-refractivity contribution is -0.384. The maximum Gasteiger partial charge on any atom is 0.269 e. The summed E-state index contributed by atoms with van der Waals surface area (Å²) in [6.07, 6.45) is 0. The summed E-state index contributed by atoms with van der Waals surface area (Å²) in [5.41, 5.74) is 3.00. The second-order valence-corrected chi connectivity index (χ2v) is 5.76. The molecule has 0 unspecified atom stereocenters. The van der Waals surface area contributed by atoms with Crippen molar-refractivity contribution in [1.29, 1.82) is 0 Å². The number of aromatic nitrogens is 1. The number of benzene rings is 2. The van der Waals surface area contributed by atoms with Crippen LogP contribution in [-0.4, -0.2) is 15.7 Å². The van der Waals surface area contributed by atoms with Gasteiger partial charge in [-0.1, -0.05) is 0 Å². The normalized spacial score (nSPS) is 10.4. The predicted molar refractivity (Wildman–Crippen MR) is 97.6 cm³/mol. The van der Waals surface area contributed by atoms with Crippen LogP contribution in [-0.2, 0) is 0 Å². The van der Waals surface area contributed by atoms with Crippen molar-refractivity contribution in [2.24, 2.45) is 0 Å². The first-order chi connectivity index (χ1) is 12.4. The minimum atomic E-state index is -0.453. The van der Waals surface area contributed by atoms with Crippen LogP contribution in [0, 0.1) is 17.0 Å². The van der Waals surface area contributed by atoms with Gasteiger partial charge in [0.15, 0.2) is 5.78 Å². The third kappa shape index (κ3) is 3.75. The minimum absolute atomic E-state index is 0.00612. The molecule has 0 spiro atoms. The minimum Gasteiger partial charge on any atom is -0.457 e. The molecule has 0 bridgehead atoms. The zero-order valence-electron chi connectivity index (χ0n) is 14.3. The summed E-state index contributed by atoms with van der Waals surface area (Å²) in [6.45, 7) is 3.33. The number of non-ortho nitro benzene ring substituents is 1. The second kappa shape index (κ2) is 7.14. The second-order valence-electron chi connectivity index (χ2n) is 5.76. The van der Waals surface area contributed by atoms with Gasteiger partial charge in [-0.05, 0) is 62.4 Å². The molecule has 0 amide bonds. The molecular formula is C20H16N2O4. The predicted octanol–water partition coefficient (Wildman–Crippen LogP) is 4.96. The molecule has 0 aliphatic heterocycles. The summed E-state index contributed by atoms with van der Waals surface area (Å²) in [6, 6.07) is 16.8. The highest BCUT2D eigenvalue weighted by Gasteiger charge is 2.08. The number of carbonyl (C=O) groups excluding carboxylic acids is 1. The van der Waals surface area contributed by atoms with Gasteiger partial charge in [-0.2, -0.15) is 0 Å². The summed E-state index contributed by atoms with van der Waals surface area (Å²) < 4.78 is 5.69. The number of ether oxygens (including phenoxy) is 1. The van der Waals surface area contributed by atoms with E-state index < -0.39 is 4.92 Å². The van der Waals surface area contributed by atoms with Crippen molar-refractivity contribution in [1.82, 2.24) is 4.98 Å². The fourth-order valence-electron chi connectivity index (χ4n) is 2.56. The van der Waals surface area contributed by atoms with Gasteiger partial charge >= 0.3 is 0 Å². The van der Waals surface area contributed by atoms with Gasteiger partial charge < -0.3 is 4.74 Å². The van der Waals surface area contributed by atoms with Crippen LogP contribution in [0.2, 0.25) is 0 Å². The zero-order chi connectivity index (χ0) is 18.7. The molecule has 0 atom stereocenters. The Hall–Kier alpha value is -3.54. The summed E-state index contributed by atoms with van der Waals surface area (Å²) in [4.78, 5) is 26.2. The molecule has 3 aromatic rings. The van der Waals surface area contributed by atoms with Crippen LogP contribution < -0.4 is 4.74 Å². The van der Waals surface area contributed by atoms with E-state index in [1.807, 2.05) is 25.1 Å². The lowest BCUT2D eigenvalue weighted by atomic mass is 10.1. The number of ketones is 1. The zero-order valence-corrected chi connectivity index (χ0v) is 14.3. The van der Waals surface area contributed by atoms with Crippen LogP contribution in [0.1, 0.15) is 23.0 Å². The summed E-state index contributed by atoms with van der Waals surface area (Å²) >= 11 is 0. The van der Waals surface area contributed by atoms with E-state index in [-0.39, 0.29) is 11.5 Å². The van der Waals surface area contributed by atoms with Crippen molar-refractivity contribution in [3.63, 3.8) is 0 Å². The van der Waals surface area contributed by atoms with Crippen LogP contribution >= 0.6 is 0 Å². The van der Waals surface area contributed by atoms with Crippen LogP contribution in [0.5, 0.6) is 11.5 Å². The summed E-state index contributed by atoms with van der Waals surface area (Å²) in [5.74, 6) is 1.12. The average molecular weight is 348 g/mol. The Morgan fingerprint density at radius 2 is 1.54 bits per heavy atom. The Morgan fingerprint density at radius 3 is 2.04 bits per heavy atom. The van der Waals surface area contributed by atoms with Crippen LogP contribution in [0.15, 0.2) is 60.7 Å². The Kier molecular flexibility index (Phi) is 4.75. The molecule has 0 fully saturated rings. The number of nitro groups is 1. The van der Waals surface area contributed by atoms with Gasteiger partial charge in [0.2, 0.25) is 0 Å². The maximum absolute atomic E-state index is 11.5. The number of hydrogen-bond acceptors (Lipinski definition) is 5. The van der Waals surface area contributed by atoms with Crippen molar-refractivity contribution in [2.45, 2.75) is 13.8 Å². The van der Waals surface area contributed by atoms with Crippen molar-refractivity contribution in [2.75, 3.05) is 0 Å². The number of Topliss-reactive ketones (excluding diaryl/α,β-unsaturated/α-hetero) is 1. The number of aryl methyl sites for hydroxylation is 1. The molecule has 0 saturated carbocycles.